The van der Waals surface area contributed by atoms with Crippen LogP contribution in [0.5, 0.6) is 0 Å². The van der Waals surface area contributed by atoms with Crippen LogP contribution >= 0.6 is 20.0 Å². The number of nitrogens with one attached hydrogen (secondary N) is 2. The van der Waals surface area contributed by atoms with Crippen molar-refractivity contribution in [3.63, 3.8) is 0 Å². The van der Waals surface area contributed by atoms with E-state index < -0.39 is 75.4 Å². The third-order valence-electron chi connectivity index (χ3n) is 7.75. The normalized spacial score (nSPS) is 23.4. The topological polar surface area (TPSA) is 182 Å². The zero-order valence-electron chi connectivity index (χ0n) is 26.9. The fourth-order valence-corrected chi connectivity index (χ4v) is 6.08. The highest BCUT2D eigenvalue weighted by Gasteiger charge is 2.53. The second kappa shape index (κ2) is 20.1. The van der Waals surface area contributed by atoms with Crippen molar-refractivity contribution < 1.29 is 56.2 Å². The van der Waals surface area contributed by atoms with E-state index in [2.05, 4.69) is 11.9 Å². The van der Waals surface area contributed by atoms with Crippen LogP contribution in [0.25, 0.3) is 0 Å². The molecular weight excluding hydrogens is 670 g/mol. The number of phosphoric acid groups is 1. The van der Waals surface area contributed by atoms with Gasteiger partial charge in [0.2, 0.25) is 0 Å². The number of aliphatic hydroxyl groups is 2. The summed E-state index contributed by atoms with van der Waals surface area (Å²) in [5, 5.41) is 23.1. The van der Waals surface area contributed by atoms with Gasteiger partial charge in [-0.05, 0) is 25.6 Å². The SMILES string of the molecule is CCCCCCCCCCCCCCOC[C@@H](COP(=O)(O)OC[C@H]1O[C@@H](n2ccc(=O)[nH]c2=S)C(C)(O)[C@H]1O)NC(=O)C(F)(F)F. The lowest BCUT2D eigenvalue weighted by molar-refractivity contribution is -0.175. The molecule has 5 N–H and O–H groups in total. The lowest BCUT2D eigenvalue weighted by Gasteiger charge is -2.28. The number of halogens is 3. The van der Waals surface area contributed by atoms with Gasteiger partial charge < -0.3 is 29.9 Å². The predicted molar refractivity (Wildman–Crippen MR) is 168 cm³/mol. The summed E-state index contributed by atoms with van der Waals surface area (Å²) in [6, 6.07) is -0.330. The molecule has 0 radical (unpaired) electrons. The van der Waals surface area contributed by atoms with Gasteiger partial charge in [0.1, 0.15) is 17.8 Å². The molecule has 1 saturated heterocycles. The Morgan fingerprint density at radius 2 is 1.68 bits per heavy atom. The summed E-state index contributed by atoms with van der Waals surface area (Å²) in [5.74, 6) is -2.27. The number of rotatable bonds is 23. The molecule has 0 saturated carbocycles. The first-order chi connectivity index (χ1) is 22.1. The molecule has 2 unspecified atom stereocenters. The van der Waals surface area contributed by atoms with Crippen molar-refractivity contribution in [1.29, 1.82) is 0 Å². The highest BCUT2D eigenvalue weighted by Crippen LogP contribution is 2.45. The minimum Gasteiger partial charge on any atom is -0.387 e. The standard InChI is InChI=1S/C29H49F3N3O10PS/c1-3-4-5-6-7-8-9-10-11-12-13-14-17-42-18-21(33-25(38)29(30,31)32)19-43-46(40,41)44-20-22-24(37)28(2,39)26(45-22)35-16-15-23(36)34-27(35)47/h15-16,21-22,24,26,37,39H,3-14,17-20H2,1-2H3,(H,33,38)(H,40,41)(H,34,36,47)/t21-,22+,24-,26+,28?/m0/s1. The largest absolute Gasteiger partial charge is 0.472 e. The molecule has 0 bridgehead atoms. The zero-order chi connectivity index (χ0) is 35.1. The van der Waals surface area contributed by atoms with Crippen molar-refractivity contribution in [2.45, 2.75) is 127 Å². The monoisotopic (exact) mass is 719 g/mol. The van der Waals surface area contributed by atoms with Crippen LogP contribution in [0.4, 0.5) is 13.2 Å². The Balaban J connectivity index is 1.79. The Morgan fingerprint density at radius 1 is 1.11 bits per heavy atom. The van der Waals surface area contributed by atoms with Crippen molar-refractivity contribution in [2.75, 3.05) is 26.4 Å². The molecule has 18 heteroatoms. The zero-order valence-corrected chi connectivity index (χ0v) is 28.6. The number of aliphatic hydroxyl groups excluding tert-OH is 1. The Morgan fingerprint density at radius 3 is 2.23 bits per heavy atom. The molecule has 13 nitrogen and oxygen atoms in total. The van der Waals surface area contributed by atoms with Crippen LogP contribution < -0.4 is 10.9 Å². The van der Waals surface area contributed by atoms with Gasteiger partial charge in [-0.3, -0.25) is 28.2 Å². The minimum absolute atomic E-state index is 0.124. The van der Waals surface area contributed by atoms with E-state index in [0.717, 1.165) is 31.7 Å². The molecule has 0 aromatic carbocycles. The number of carbonyl (C=O) groups excluding carboxylic acids is 1. The summed E-state index contributed by atoms with van der Waals surface area (Å²) in [6.07, 6.45) is 5.19. The fourth-order valence-electron chi connectivity index (χ4n) is 5.05. The number of alkyl halides is 3. The Kier molecular flexibility index (Phi) is 17.7. The van der Waals surface area contributed by atoms with E-state index in [9.17, 15) is 42.4 Å². The van der Waals surface area contributed by atoms with E-state index in [0.29, 0.717) is 6.42 Å². The van der Waals surface area contributed by atoms with E-state index in [1.165, 1.54) is 62.6 Å². The van der Waals surface area contributed by atoms with Gasteiger partial charge in [0, 0.05) is 18.9 Å². The fraction of sp³-hybridized carbons (Fsp3) is 0.828. The second-order valence-corrected chi connectivity index (χ2v) is 13.7. The van der Waals surface area contributed by atoms with Gasteiger partial charge in [-0.25, -0.2) is 4.57 Å². The lowest BCUT2D eigenvalue weighted by Crippen LogP contribution is -2.47. The molecule has 1 aromatic rings. The van der Waals surface area contributed by atoms with Crippen molar-refractivity contribution in [3.05, 3.63) is 27.4 Å². The Bertz CT molecular complexity index is 1250. The summed E-state index contributed by atoms with van der Waals surface area (Å²) in [6.45, 7) is 1.55. The van der Waals surface area contributed by atoms with E-state index in [1.54, 1.807) is 5.32 Å². The molecule has 2 rings (SSSR count). The quantitative estimate of drug-likeness (QED) is 0.0595. The minimum atomic E-state index is -5.20. The molecule has 272 valence electrons. The maximum absolute atomic E-state index is 12.9. The van der Waals surface area contributed by atoms with Crippen molar-refractivity contribution in [2.24, 2.45) is 0 Å². The molecule has 1 aliphatic heterocycles. The molecule has 0 spiro atoms. The van der Waals surface area contributed by atoms with Crippen molar-refractivity contribution in [1.82, 2.24) is 14.9 Å². The summed E-state index contributed by atoms with van der Waals surface area (Å²) >= 11 is 5.07. The van der Waals surface area contributed by atoms with E-state index in [-0.39, 0.29) is 11.4 Å². The summed E-state index contributed by atoms with van der Waals surface area (Å²) in [4.78, 5) is 35.5. The van der Waals surface area contributed by atoms with Gasteiger partial charge in [0.15, 0.2) is 11.0 Å². The third-order valence-corrected chi connectivity index (χ3v) is 9.02. The number of aromatic amines is 1. The molecule has 1 amide bonds. The number of unbranched alkanes of at least 4 members (excludes halogenated alkanes) is 11. The van der Waals surface area contributed by atoms with E-state index in [1.807, 2.05) is 0 Å². The number of H-pyrrole nitrogens is 1. The van der Waals surface area contributed by atoms with Gasteiger partial charge in [-0.15, -0.1) is 0 Å². The van der Waals surface area contributed by atoms with Gasteiger partial charge in [0.05, 0.1) is 25.9 Å². The van der Waals surface area contributed by atoms with Crippen LogP contribution in [0.2, 0.25) is 0 Å². The highest BCUT2D eigenvalue weighted by molar-refractivity contribution is 7.71. The maximum Gasteiger partial charge on any atom is 0.472 e. The number of aromatic nitrogens is 2. The molecule has 0 aliphatic carbocycles. The predicted octanol–water partition coefficient (Wildman–Crippen LogP) is 4.81. The molecule has 47 heavy (non-hydrogen) atoms. The van der Waals surface area contributed by atoms with E-state index in [4.69, 9.17) is 30.7 Å². The Labute approximate surface area is 277 Å². The number of hydrogen-bond donors (Lipinski definition) is 5. The summed E-state index contributed by atoms with van der Waals surface area (Å²) < 4.78 is 73.0. The smallest absolute Gasteiger partial charge is 0.387 e. The van der Waals surface area contributed by atoms with Crippen molar-refractivity contribution >= 4 is 25.9 Å². The highest BCUT2D eigenvalue weighted by atomic mass is 32.1. The molecule has 1 fully saturated rings. The lowest BCUT2D eigenvalue weighted by atomic mass is 9.96. The van der Waals surface area contributed by atoms with Crippen LogP contribution in [0, 0.1) is 4.77 Å². The number of ether oxygens (including phenoxy) is 2. The van der Waals surface area contributed by atoms with E-state index >= 15 is 0 Å². The van der Waals surface area contributed by atoms with Crippen molar-refractivity contribution in [3.8, 4) is 0 Å². The first-order valence-corrected chi connectivity index (χ1v) is 17.9. The summed E-state index contributed by atoms with van der Waals surface area (Å²) in [5.41, 5.74) is -2.50. The van der Waals surface area contributed by atoms with Gasteiger partial charge in [-0.1, -0.05) is 77.6 Å². The van der Waals surface area contributed by atoms with Gasteiger partial charge in [0.25, 0.3) is 5.56 Å². The first kappa shape index (κ1) is 41.5. The maximum atomic E-state index is 12.9. The average Bonchev–Trinajstić information content (AvgIpc) is 3.21. The number of carbonyl (C=O) groups is 1. The van der Waals surface area contributed by atoms with Crippen LogP contribution in [0.15, 0.2) is 17.1 Å². The number of amides is 1. The van der Waals surface area contributed by atoms with Gasteiger partial charge in [-0.2, -0.15) is 13.2 Å². The number of hydrogen-bond acceptors (Lipinski definition) is 10. The summed E-state index contributed by atoms with van der Waals surface area (Å²) in [7, 11) is -4.97. The van der Waals surface area contributed by atoms with Gasteiger partial charge >= 0.3 is 19.9 Å². The Hall–Kier alpha value is -1.69. The molecule has 1 aliphatic rings. The molecule has 2 heterocycles. The average molecular weight is 720 g/mol. The molecular formula is C29H49F3N3O10PS. The van der Waals surface area contributed by atoms with Crippen LogP contribution in [0.3, 0.4) is 0 Å². The first-order valence-electron chi connectivity index (χ1n) is 16.0. The number of nitrogens with zero attached hydrogens (tertiary/aromatic N) is 1. The number of phosphoric ester groups is 1. The van der Waals surface area contributed by atoms with Crippen LogP contribution in [0.1, 0.15) is 97.1 Å². The molecule has 1 aromatic heterocycles. The second-order valence-electron chi connectivity index (χ2n) is 11.9. The van der Waals surface area contributed by atoms with Crippen LogP contribution in [-0.2, 0) is 27.9 Å². The van der Waals surface area contributed by atoms with Crippen LogP contribution in [-0.4, -0.2) is 87.0 Å². The molecule has 6 atom stereocenters. The third kappa shape index (κ3) is 14.8.